The molecule has 0 spiro atoms. The Kier molecular flexibility index (Phi) is 11.8. The number of hydrogen-bond acceptors (Lipinski definition) is 4. The Hall–Kier alpha value is -2.02. The van der Waals surface area contributed by atoms with Crippen LogP contribution < -0.4 is 10.6 Å². The maximum absolute atomic E-state index is 6.12. The minimum atomic E-state index is 0.348. The molecule has 0 fully saturated rings. The van der Waals surface area contributed by atoms with E-state index in [4.69, 9.17) is 34.8 Å². The van der Waals surface area contributed by atoms with Crippen LogP contribution in [0.1, 0.15) is 63.6 Å². The van der Waals surface area contributed by atoms with Crippen LogP contribution in [0, 0.1) is 0 Å². The lowest BCUT2D eigenvalue weighted by atomic mass is 10.1. The summed E-state index contributed by atoms with van der Waals surface area (Å²) in [5, 5.41) is 8.06. The number of hydrogen-bond donors (Lipinski definition) is 3. The SMILES string of the molecule is C=C(NCCCCC)c1[nH]c(Cl)nc1NCCCCC(C)=NC(=NC)c1ccc(Cl)c(Cl)c1. The topological polar surface area (TPSA) is 77.5 Å². The number of aromatic amines is 1. The highest BCUT2D eigenvalue weighted by Crippen LogP contribution is 2.23. The molecule has 9 heteroatoms. The van der Waals surface area contributed by atoms with Gasteiger partial charge in [0.25, 0.3) is 0 Å². The lowest BCUT2D eigenvalue weighted by Gasteiger charge is -2.11. The van der Waals surface area contributed by atoms with Crippen molar-refractivity contribution >= 4 is 57.9 Å². The molecule has 0 unspecified atom stereocenters. The van der Waals surface area contributed by atoms with E-state index < -0.39 is 0 Å². The second-order valence-electron chi connectivity index (χ2n) is 7.77. The molecule has 33 heavy (non-hydrogen) atoms. The summed E-state index contributed by atoms with van der Waals surface area (Å²) in [4.78, 5) is 16.4. The normalized spacial score (nSPS) is 12.2. The smallest absolute Gasteiger partial charge is 0.202 e. The number of nitrogens with one attached hydrogen (secondary N) is 3. The summed E-state index contributed by atoms with van der Waals surface area (Å²) in [6.07, 6.45) is 6.28. The van der Waals surface area contributed by atoms with Gasteiger partial charge in [-0.1, -0.05) is 49.5 Å². The van der Waals surface area contributed by atoms with Crippen molar-refractivity contribution in [3.63, 3.8) is 0 Å². The number of H-pyrrole nitrogens is 1. The van der Waals surface area contributed by atoms with Crippen molar-refractivity contribution in [2.24, 2.45) is 9.98 Å². The number of halogens is 3. The molecule has 0 atom stereocenters. The van der Waals surface area contributed by atoms with Crippen molar-refractivity contribution in [3.05, 3.63) is 51.4 Å². The van der Waals surface area contributed by atoms with Gasteiger partial charge in [0.15, 0.2) is 11.7 Å². The molecule has 2 rings (SSSR count). The van der Waals surface area contributed by atoms with E-state index in [2.05, 4.69) is 44.1 Å². The molecule has 1 heterocycles. The first-order valence-electron chi connectivity index (χ1n) is 11.2. The molecule has 6 nitrogen and oxygen atoms in total. The van der Waals surface area contributed by atoms with Crippen molar-refractivity contribution in [1.29, 1.82) is 0 Å². The summed E-state index contributed by atoms with van der Waals surface area (Å²) >= 11 is 18.2. The molecular weight excluding hydrogens is 479 g/mol. The van der Waals surface area contributed by atoms with Crippen LogP contribution >= 0.6 is 34.8 Å². The third kappa shape index (κ3) is 9.03. The first-order chi connectivity index (χ1) is 15.8. The third-order valence-corrected chi connectivity index (χ3v) is 5.96. The number of amidine groups is 1. The van der Waals surface area contributed by atoms with Crippen LogP contribution in [0.15, 0.2) is 34.8 Å². The van der Waals surface area contributed by atoms with E-state index in [9.17, 15) is 0 Å². The van der Waals surface area contributed by atoms with Gasteiger partial charge >= 0.3 is 0 Å². The number of aromatic nitrogens is 2. The Balaban J connectivity index is 1.82. The molecule has 0 aliphatic heterocycles. The largest absolute Gasteiger partial charge is 0.384 e. The molecule has 0 radical (unpaired) electrons. The molecule has 0 bridgehead atoms. The molecular formula is C24H33Cl3N6. The number of anilines is 1. The van der Waals surface area contributed by atoms with Crippen molar-refractivity contribution in [2.75, 3.05) is 25.5 Å². The highest BCUT2D eigenvalue weighted by atomic mass is 35.5. The first kappa shape index (κ1) is 27.2. The van der Waals surface area contributed by atoms with E-state index >= 15 is 0 Å². The first-order valence-corrected chi connectivity index (χ1v) is 12.4. The van der Waals surface area contributed by atoms with E-state index in [0.717, 1.165) is 67.3 Å². The van der Waals surface area contributed by atoms with Gasteiger partial charge in [-0.3, -0.25) is 4.99 Å². The number of imidazole rings is 1. The molecule has 1 aromatic heterocycles. The molecule has 180 valence electrons. The summed E-state index contributed by atoms with van der Waals surface area (Å²) in [6, 6.07) is 5.41. The summed E-state index contributed by atoms with van der Waals surface area (Å²) < 4.78 is 0. The maximum Gasteiger partial charge on any atom is 0.202 e. The fourth-order valence-electron chi connectivity index (χ4n) is 3.22. The van der Waals surface area contributed by atoms with Crippen molar-refractivity contribution in [2.45, 2.75) is 52.4 Å². The zero-order valence-corrected chi connectivity index (χ0v) is 21.8. The van der Waals surface area contributed by atoms with Crippen LogP contribution in [-0.2, 0) is 0 Å². The summed E-state index contributed by atoms with van der Waals surface area (Å²) in [6.45, 7) is 9.96. The zero-order valence-electron chi connectivity index (χ0n) is 19.6. The Morgan fingerprint density at radius 3 is 2.55 bits per heavy atom. The summed E-state index contributed by atoms with van der Waals surface area (Å²) in [5.41, 5.74) is 3.46. The monoisotopic (exact) mass is 510 g/mol. The molecule has 0 amide bonds. The van der Waals surface area contributed by atoms with Crippen LogP contribution in [0.25, 0.3) is 5.70 Å². The molecule has 1 aromatic carbocycles. The van der Waals surface area contributed by atoms with Gasteiger partial charge in [0.1, 0.15) is 5.69 Å². The number of aliphatic imine (C=N–C) groups is 2. The third-order valence-electron chi connectivity index (χ3n) is 5.04. The molecule has 0 aliphatic rings. The second kappa shape index (κ2) is 14.3. The van der Waals surface area contributed by atoms with Gasteiger partial charge in [0, 0.05) is 31.4 Å². The predicted octanol–water partition coefficient (Wildman–Crippen LogP) is 7.24. The average Bonchev–Trinajstić information content (AvgIpc) is 3.17. The Bertz CT molecular complexity index is 981. The fraction of sp³-hybridized carbons (Fsp3) is 0.458. The minimum absolute atomic E-state index is 0.348. The van der Waals surface area contributed by atoms with Crippen molar-refractivity contribution in [3.8, 4) is 0 Å². The Labute approximate surface area is 212 Å². The number of nitrogens with zero attached hydrogens (tertiary/aromatic N) is 3. The van der Waals surface area contributed by atoms with E-state index in [-0.39, 0.29) is 0 Å². The van der Waals surface area contributed by atoms with Gasteiger partial charge in [0.2, 0.25) is 5.28 Å². The quantitative estimate of drug-likeness (QED) is 0.151. The standard InChI is InChI=1S/C24H33Cl3N6/c1-5-6-8-13-29-17(3)21-23(33-24(27)32-21)30-14-9-7-10-16(2)31-22(28-4)18-11-12-19(25)20(26)15-18/h11-12,15,29-30H,3,5-10,13-14H2,1-2,4H3,(H,32,33). The highest BCUT2D eigenvalue weighted by Gasteiger charge is 2.12. The second-order valence-corrected chi connectivity index (χ2v) is 8.94. The zero-order chi connectivity index (χ0) is 24.2. The van der Waals surface area contributed by atoms with Crippen LogP contribution in [-0.4, -0.2) is 41.7 Å². The minimum Gasteiger partial charge on any atom is -0.384 e. The maximum atomic E-state index is 6.12. The van der Waals surface area contributed by atoms with E-state index in [0.29, 0.717) is 21.2 Å². The fourth-order valence-corrected chi connectivity index (χ4v) is 3.70. The Morgan fingerprint density at radius 1 is 1.09 bits per heavy atom. The molecule has 0 aliphatic carbocycles. The molecule has 0 saturated heterocycles. The van der Waals surface area contributed by atoms with Crippen LogP contribution in [0.2, 0.25) is 15.3 Å². The molecule has 3 N–H and O–H groups in total. The predicted molar refractivity (Wildman–Crippen MR) is 145 cm³/mol. The lowest BCUT2D eigenvalue weighted by molar-refractivity contribution is 0.689. The lowest BCUT2D eigenvalue weighted by Crippen LogP contribution is -2.14. The van der Waals surface area contributed by atoms with Crippen molar-refractivity contribution < 1.29 is 0 Å². The number of unbranched alkanes of at least 4 members (excludes halogenated alkanes) is 3. The van der Waals surface area contributed by atoms with E-state index in [1.54, 1.807) is 19.2 Å². The van der Waals surface area contributed by atoms with Gasteiger partial charge in [-0.05, 0) is 62.4 Å². The van der Waals surface area contributed by atoms with Gasteiger partial charge in [-0.25, -0.2) is 9.98 Å². The van der Waals surface area contributed by atoms with Gasteiger partial charge in [-0.15, -0.1) is 0 Å². The van der Waals surface area contributed by atoms with E-state index in [1.165, 1.54) is 12.8 Å². The van der Waals surface area contributed by atoms with Gasteiger partial charge in [-0.2, -0.15) is 0 Å². The van der Waals surface area contributed by atoms with Gasteiger partial charge < -0.3 is 15.6 Å². The van der Waals surface area contributed by atoms with Crippen LogP contribution in [0.4, 0.5) is 5.82 Å². The average molecular weight is 512 g/mol. The molecule has 0 saturated carbocycles. The molecule has 2 aromatic rings. The van der Waals surface area contributed by atoms with Crippen LogP contribution in [0.3, 0.4) is 0 Å². The summed E-state index contributed by atoms with van der Waals surface area (Å²) in [5.74, 6) is 1.36. The van der Waals surface area contributed by atoms with Crippen molar-refractivity contribution in [1.82, 2.24) is 15.3 Å². The van der Waals surface area contributed by atoms with E-state index in [1.807, 2.05) is 13.0 Å². The Morgan fingerprint density at radius 2 is 1.85 bits per heavy atom. The van der Waals surface area contributed by atoms with Gasteiger partial charge in [0.05, 0.1) is 15.7 Å². The van der Waals surface area contributed by atoms with Crippen LogP contribution in [0.5, 0.6) is 0 Å². The number of rotatable bonds is 13. The highest BCUT2D eigenvalue weighted by molar-refractivity contribution is 6.42. The summed E-state index contributed by atoms with van der Waals surface area (Å²) in [7, 11) is 1.72. The number of benzene rings is 1.